The highest BCUT2D eigenvalue weighted by Crippen LogP contribution is 2.26. The third-order valence-electron chi connectivity index (χ3n) is 3.39. The molecule has 1 aromatic carbocycles. The van der Waals surface area contributed by atoms with Crippen LogP contribution < -0.4 is 5.32 Å². The monoisotopic (exact) mass is 319 g/mol. The second kappa shape index (κ2) is 4.81. The van der Waals surface area contributed by atoms with Gasteiger partial charge in [-0.2, -0.15) is 5.10 Å². The molecule has 1 aromatic heterocycles. The van der Waals surface area contributed by atoms with Crippen LogP contribution in [0.15, 0.2) is 22.7 Å². The van der Waals surface area contributed by atoms with Gasteiger partial charge in [-0.25, -0.2) is 0 Å². The lowest BCUT2D eigenvalue weighted by Crippen LogP contribution is -2.14. The number of anilines is 1. The number of benzene rings is 1. The van der Waals surface area contributed by atoms with Crippen LogP contribution in [0.2, 0.25) is 0 Å². The SMILES string of the molecule is Cc1ccc(NC(=O)c2n[nH]c3c2CCC3)c(Br)c1. The van der Waals surface area contributed by atoms with Crippen LogP contribution in [0, 0.1) is 6.92 Å². The second-order valence-electron chi connectivity index (χ2n) is 4.82. The minimum absolute atomic E-state index is 0.149. The van der Waals surface area contributed by atoms with Crippen molar-refractivity contribution in [3.63, 3.8) is 0 Å². The molecule has 0 saturated carbocycles. The van der Waals surface area contributed by atoms with Crippen LogP contribution in [0.25, 0.3) is 0 Å². The van der Waals surface area contributed by atoms with Crippen LogP contribution in [0.4, 0.5) is 5.69 Å². The molecule has 0 atom stereocenters. The van der Waals surface area contributed by atoms with Gasteiger partial charge in [0.15, 0.2) is 5.69 Å². The van der Waals surface area contributed by atoms with Crippen molar-refractivity contribution in [3.05, 3.63) is 45.2 Å². The first kappa shape index (κ1) is 12.4. The fourth-order valence-corrected chi connectivity index (χ4v) is 3.00. The van der Waals surface area contributed by atoms with Crippen molar-refractivity contribution in [1.82, 2.24) is 10.2 Å². The number of fused-ring (bicyclic) bond motifs is 1. The van der Waals surface area contributed by atoms with E-state index in [4.69, 9.17) is 0 Å². The van der Waals surface area contributed by atoms with Crippen LogP contribution >= 0.6 is 15.9 Å². The van der Waals surface area contributed by atoms with Gasteiger partial charge in [0, 0.05) is 15.7 Å². The van der Waals surface area contributed by atoms with Crippen LogP contribution in [0.3, 0.4) is 0 Å². The van der Waals surface area contributed by atoms with Crippen molar-refractivity contribution in [2.75, 3.05) is 5.32 Å². The second-order valence-corrected chi connectivity index (χ2v) is 5.67. The zero-order chi connectivity index (χ0) is 13.4. The van der Waals surface area contributed by atoms with Crippen molar-refractivity contribution >= 4 is 27.5 Å². The summed E-state index contributed by atoms with van der Waals surface area (Å²) in [5, 5.41) is 9.98. The molecule has 1 amide bonds. The Morgan fingerprint density at radius 2 is 2.26 bits per heavy atom. The Morgan fingerprint density at radius 3 is 3.05 bits per heavy atom. The van der Waals surface area contributed by atoms with Crippen molar-refractivity contribution in [3.8, 4) is 0 Å². The number of nitrogens with one attached hydrogen (secondary N) is 2. The maximum Gasteiger partial charge on any atom is 0.276 e. The zero-order valence-electron chi connectivity index (χ0n) is 10.6. The minimum Gasteiger partial charge on any atom is -0.320 e. The number of halogens is 1. The highest BCUT2D eigenvalue weighted by molar-refractivity contribution is 9.10. The predicted octanol–water partition coefficient (Wildman–Crippen LogP) is 3.22. The van der Waals surface area contributed by atoms with E-state index in [0.717, 1.165) is 46.2 Å². The minimum atomic E-state index is -0.149. The molecule has 5 heteroatoms. The van der Waals surface area contributed by atoms with E-state index in [1.54, 1.807) is 0 Å². The van der Waals surface area contributed by atoms with Gasteiger partial charge in [0.2, 0.25) is 0 Å². The van der Waals surface area contributed by atoms with Gasteiger partial charge in [0.05, 0.1) is 5.69 Å². The van der Waals surface area contributed by atoms with E-state index >= 15 is 0 Å². The Kier molecular flexibility index (Phi) is 3.14. The van der Waals surface area contributed by atoms with E-state index in [1.165, 1.54) is 0 Å². The van der Waals surface area contributed by atoms with Crippen LogP contribution in [0.1, 0.15) is 33.7 Å². The third kappa shape index (κ3) is 2.30. The summed E-state index contributed by atoms with van der Waals surface area (Å²) >= 11 is 3.46. The number of hydrogen-bond acceptors (Lipinski definition) is 2. The molecule has 4 nitrogen and oxygen atoms in total. The molecule has 0 saturated heterocycles. The highest BCUT2D eigenvalue weighted by atomic mass is 79.9. The van der Waals surface area contributed by atoms with Gasteiger partial charge in [0.25, 0.3) is 5.91 Å². The molecule has 0 aliphatic heterocycles. The summed E-state index contributed by atoms with van der Waals surface area (Å²) in [4.78, 5) is 12.3. The lowest BCUT2D eigenvalue weighted by Gasteiger charge is -2.07. The van der Waals surface area contributed by atoms with Crippen molar-refractivity contribution in [2.45, 2.75) is 26.2 Å². The van der Waals surface area contributed by atoms with E-state index in [9.17, 15) is 4.79 Å². The van der Waals surface area contributed by atoms with Crippen molar-refractivity contribution in [1.29, 1.82) is 0 Å². The first-order valence-corrected chi connectivity index (χ1v) is 7.08. The number of aryl methyl sites for hydroxylation is 2. The largest absolute Gasteiger partial charge is 0.320 e. The molecule has 98 valence electrons. The van der Waals surface area contributed by atoms with E-state index in [2.05, 4.69) is 31.4 Å². The van der Waals surface area contributed by atoms with Gasteiger partial charge in [-0.15, -0.1) is 0 Å². The highest BCUT2D eigenvalue weighted by Gasteiger charge is 2.23. The number of aromatic amines is 1. The molecule has 2 aromatic rings. The summed E-state index contributed by atoms with van der Waals surface area (Å²) < 4.78 is 0.882. The first-order chi connectivity index (χ1) is 9.15. The average molecular weight is 320 g/mol. The molecule has 0 bridgehead atoms. The summed E-state index contributed by atoms with van der Waals surface area (Å²) in [6, 6.07) is 5.84. The number of hydrogen-bond donors (Lipinski definition) is 2. The molecule has 19 heavy (non-hydrogen) atoms. The first-order valence-electron chi connectivity index (χ1n) is 6.29. The number of amides is 1. The van der Waals surface area contributed by atoms with E-state index in [1.807, 2.05) is 25.1 Å². The number of H-pyrrole nitrogens is 1. The Labute approximate surface area is 119 Å². The molecule has 1 aliphatic carbocycles. The number of nitrogens with zero attached hydrogens (tertiary/aromatic N) is 1. The summed E-state index contributed by atoms with van der Waals surface area (Å²) in [6.07, 6.45) is 3.02. The molecular formula is C14H14BrN3O. The normalized spacial score (nSPS) is 13.4. The van der Waals surface area contributed by atoms with Gasteiger partial charge in [-0.3, -0.25) is 9.89 Å². The summed E-state index contributed by atoms with van der Waals surface area (Å²) in [6.45, 7) is 2.01. The standard InChI is InChI=1S/C14H14BrN3O/c1-8-5-6-12(10(15)7-8)16-14(19)13-9-3-2-4-11(9)17-18-13/h5-7H,2-4H2,1H3,(H,16,19)(H,17,18). The predicted molar refractivity (Wildman–Crippen MR) is 77.4 cm³/mol. The molecule has 1 heterocycles. The quantitative estimate of drug-likeness (QED) is 0.892. The van der Waals surface area contributed by atoms with Crippen LogP contribution in [0.5, 0.6) is 0 Å². The Morgan fingerprint density at radius 1 is 1.42 bits per heavy atom. The topological polar surface area (TPSA) is 57.8 Å². The molecule has 1 aliphatic rings. The van der Waals surface area contributed by atoms with E-state index < -0.39 is 0 Å². The summed E-state index contributed by atoms with van der Waals surface area (Å²) in [5.74, 6) is -0.149. The third-order valence-corrected chi connectivity index (χ3v) is 4.05. The molecule has 3 rings (SSSR count). The van der Waals surface area contributed by atoms with Gasteiger partial charge in [0.1, 0.15) is 0 Å². The fourth-order valence-electron chi connectivity index (χ4n) is 2.41. The van der Waals surface area contributed by atoms with Crippen molar-refractivity contribution < 1.29 is 4.79 Å². The Hall–Kier alpha value is -1.62. The number of carbonyl (C=O) groups is 1. The Balaban J connectivity index is 1.85. The maximum absolute atomic E-state index is 12.3. The van der Waals surface area contributed by atoms with Gasteiger partial charge < -0.3 is 5.32 Å². The molecule has 2 N–H and O–H groups in total. The average Bonchev–Trinajstić information content (AvgIpc) is 2.94. The number of rotatable bonds is 2. The van der Waals surface area contributed by atoms with Gasteiger partial charge in [-0.05, 0) is 59.8 Å². The maximum atomic E-state index is 12.3. The van der Waals surface area contributed by atoms with Crippen LogP contribution in [-0.2, 0) is 12.8 Å². The summed E-state index contributed by atoms with van der Waals surface area (Å²) in [5.41, 5.74) is 4.62. The molecule has 0 spiro atoms. The van der Waals surface area contributed by atoms with Crippen LogP contribution in [-0.4, -0.2) is 16.1 Å². The number of carbonyl (C=O) groups excluding carboxylic acids is 1. The zero-order valence-corrected chi connectivity index (χ0v) is 12.2. The van der Waals surface area contributed by atoms with E-state index in [-0.39, 0.29) is 5.91 Å². The molecular weight excluding hydrogens is 306 g/mol. The van der Waals surface area contributed by atoms with Gasteiger partial charge >= 0.3 is 0 Å². The lowest BCUT2D eigenvalue weighted by molar-refractivity contribution is 0.102. The number of aromatic nitrogens is 2. The van der Waals surface area contributed by atoms with E-state index in [0.29, 0.717) is 5.69 Å². The molecule has 0 unspecified atom stereocenters. The summed E-state index contributed by atoms with van der Waals surface area (Å²) in [7, 11) is 0. The molecule has 0 radical (unpaired) electrons. The fraction of sp³-hybridized carbons (Fsp3) is 0.286. The Bertz CT molecular complexity index is 648. The van der Waals surface area contributed by atoms with Crippen molar-refractivity contribution in [2.24, 2.45) is 0 Å². The van der Waals surface area contributed by atoms with Gasteiger partial charge in [-0.1, -0.05) is 6.07 Å². The lowest BCUT2D eigenvalue weighted by atomic mass is 10.2. The molecule has 0 fully saturated rings. The smallest absolute Gasteiger partial charge is 0.276 e.